The number of ether oxygens (including phenoxy) is 4. The largest absolute Gasteiger partial charge is 0.493 e. The number of hydrogen-bond donors (Lipinski definition) is 0. The third-order valence-electron chi connectivity index (χ3n) is 4.19. The summed E-state index contributed by atoms with van der Waals surface area (Å²) in [7, 11) is 1.52. The fourth-order valence-corrected chi connectivity index (χ4v) is 2.21. The summed E-state index contributed by atoms with van der Waals surface area (Å²) in [6.45, 7) is 7.57. The van der Waals surface area contributed by atoms with Gasteiger partial charge in [0.25, 0.3) is 0 Å². The van der Waals surface area contributed by atoms with E-state index in [1.54, 1.807) is 26.0 Å². The molecule has 0 aliphatic carbocycles. The maximum Gasteiger partial charge on any atom is 0.313 e. The molecule has 1 aromatic rings. The lowest BCUT2D eigenvalue weighted by molar-refractivity contribution is -0.148. The van der Waals surface area contributed by atoms with Gasteiger partial charge in [-0.2, -0.15) is 0 Å². The van der Waals surface area contributed by atoms with Crippen molar-refractivity contribution >= 4 is 11.9 Å². The van der Waals surface area contributed by atoms with Crippen molar-refractivity contribution in [3.63, 3.8) is 0 Å². The van der Waals surface area contributed by atoms with Crippen LogP contribution >= 0.6 is 0 Å². The van der Waals surface area contributed by atoms with Crippen LogP contribution in [0.1, 0.15) is 45.8 Å². The number of epoxide rings is 1. The average Bonchev–Trinajstić information content (AvgIpc) is 3.38. The highest BCUT2D eigenvalue weighted by atomic mass is 16.6. The van der Waals surface area contributed by atoms with E-state index < -0.39 is 0 Å². The Bertz CT molecular complexity index is 624. The molecule has 6 heteroatoms. The van der Waals surface area contributed by atoms with E-state index in [9.17, 15) is 9.59 Å². The van der Waals surface area contributed by atoms with Crippen molar-refractivity contribution in [2.75, 3.05) is 13.7 Å². The second kappa shape index (κ2) is 8.34. The molecule has 2 rings (SSSR count). The van der Waals surface area contributed by atoms with Crippen LogP contribution in [0.3, 0.4) is 0 Å². The zero-order valence-electron chi connectivity index (χ0n) is 15.4. The fourth-order valence-electron chi connectivity index (χ4n) is 2.21. The Kier molecular flexibility index (Phi) is 6.42. The minimum absolute atomic E-state index is 0.104. The van der Waals surface area contributed by atoms with Crippen LogP contribution in [-0.4, -0.2) is 31.8 Å². The van der Waals surface area contributed by atoms with Crippen LogP contribution in [0.15, 0.2) is 18.2 Å². The standard InChI is InChI=1S/C19H26O6/c1-6-12(4)19(21)23-10-16-17(24-16)13-7-8-14(15(9-13)22-5)25-18(20)11(2)3/h7-9,11-12,16-17H,6,10H2,1-5H3/t12-,16-,17+/m1/s1. The van der Waals surface area contributed by atoms with Gasteiger partial charge in [0, 0.05) is 0 Å². The summed E-state index contributed by atoms with van der Waals surface area (Å²) < 4.78 is 21.5. The number of esters is 2. The van der Waals surface area contributed by atoms with Gasteiger partial charge in [-0.05, 0) is 24.1 Å². The van der Waals surface area contributed by atoms with E-state index in [0.717, 1.165) is 12.0 Å². The Hall–Kier alpha value is -2.08. The van der Waals surface area contributed by atoms with Crippen LogP contribution in [0.5, 0.6) is 11.5 Å². The van der Waals surface area contributed by atoms with Crippen molar-refractivity contribution in [3.8, 4) is 11.5 Å². The zero-order chi connectivity index (χ0) is 18.6. The van der Waals surface area contributed by atoms with E-state index in [0.29, 0.717) is 11.5 Å². The number of carbonyl (C=O) groups excluding carboxylic acids is 2. The lowest BCUT2D eigenvalue weighted by Crippen LogP contribution is -2.17. The Labute approximate surface area is 148 Å². The van der Waals surface area contributed by atoms with Gasteiger partial charge in [0.15, 0.2) is 11.5 Å². The van der Waals surface area contributed by atoms with Gasteiger partial charge in [-0.25, -0.2) is 0 Å². The van der Waals surface area contributed by atoms with E-state index >= 15 is 0 Å². The van der Waals surface area contributed by atoms with E-state index in [-0.39, 0.29) is 42.6 Å². The predicted octanol–water partition coefficient (Wildman–Crippen LogP) is 3.29. The number of rotatable bonds is 8. The highest BCUT2D eigenvalue weighted by Crippen LogP contribution is 2.42. The first kappa shape index (κ1) is 19.2. The van der Waals surface area contributed by atoms with Gasteiger partial charge in [-0.1, -0.05) is 33.8 Å². The molecule has 0 bridgehead atoms. The minimum atomic E-state index is -0.316. The van der Waals surface area contributed by atoms with Crippen molar-refractivity contribution in [3.05, 3.63) is 23.8 Å². The quantitative estimate of drug-likeness (QED) is 0.407. The van der Waals surface area contributed by atoms with Crippen LogP contribution in [-0.2, 0) is 19.1 Å². The molecule has 1 aromatic carbocycles. The summed E-state index contributed by atoms with van der Waals surface area (Å²) in [5.74, 6) is 0.00415. The number of methoxy groups -OCH3 is 1. The molecule has 0 radical (unpaired) electrons. The minimum Gasteiger partial charge on any atom is -0.493 e. The molecule has 1 saturated heterocycles. The van der Waals surface area contributed by atoms with Gasteiger partial charge < -0.3 is 18.9 Å². The SMILES string of the molecule is CC[C@@H](C)C(=O)OC[C@H]1O[C@H]1c1ccc(OC(=O)C(C)C)c(OC)c1. The Morgan fingerprint density at radius 3 is 2.48 bits per heavy atom. The molecule has 138 valence electrons. The molecule has 0 amide bonds. The highest BCUT2D eigenvalue weighted by Gasteiger charge is 2.41. The summed E-state index contributed by atoms with van der Waals surface area (Å²) in [6.07, 6.45) is 0.455. The summed E-state index contributed by atoms with van der Waals surface area (Å²) in [5, 5.41) is 0. The van der Waals surface area contributed by atoms with E-state index in [1.165, 1.54) is 7.11 Å². The van der Waals surface area contributed by atoms with Gasteiger partial charge >= 0.3 is 11.9 Å². The molecule has 0 N–H and O–H groups in total. The number of hydrogen-bond acceptors (Lipinski definition) is 6. The lowest BCUT2D eigenvalue weighted by atomic mass is 10.1. The monoisotopic (exact) mass is 350 g/mol. The predicted molar refractivity (Wildman–Crippen MR) is 91.5 cm³/mol. The van der Waals surface area contributed by atoms with Crippen molar-refractivity contribution in [1.29, 1.82) is 0 Å². The molecule has 6 nitrogen and oxygen atoms in total. The smallest absolute Gasteiger partial charge is 0.313 e. The van der Waals surface area contributed by atoms with E-state index in [1.807, 2.05) is 19.9 Å². The van der Waals surface area contributed by atoms with Crippen molar-refractivity contribution < 1.29 is 28.5 Å². The van der Waals surface area contributed by atoms with Crippen LogP contribution in [0.2, 0.25) is 0 Å². The molecular weight excluding hydrogens is 324 g/mol. The molecule has 3 atom stereocenters. The third-order valence-corrected chi connectivity index (χ3v) is 4.19. The van der Waals surface area contributed by atoms with Crippen LogP contribution in [0, 0.1) is 11.8 Å². The lowest BCUT2D eigenvalue weighted by Gasteiger charge is -2.11. The first-order valence-corrected chi connectivity index (χ1v) is 8.59. The van der Waals surface area contributed by atoms with Gasteiger partial charge in [0.2, 0.25) is 0 Å². The van der Waals surface area contributed by atoms with E-state index in [2.05, 4.69) is 0 Å². The van der Waals surface area contributed by atoms with Crippen molar-refractivity contribution in [1.82, 2.24) is 0 Å². The zero-order valence-corrected chi connectivity index (χ0v) is 15.4. The Morgan fingerprint density at radius 1 is 1.16 bits per heavy atom. The number of carbonyl (C=O) groups is 2. The molecule has 0 saturated carbocycles. The van der Waals surface area contributed by atoms with Gasteiger partial charge in [-0.15, -0.1) is 0 Å². The summed E-state index contributed by atoms with van der Waals surface area (Å²) in [5.41, 5.74) is 0.894. The highest BCUT2D eigenvalue weighted by molar-refractivity contribution is 5.75. The molecule has 0 aromatic heterocycles. The van der Waals surface area contributed by atoms with E-state index in [4.69, 9.17) is 18.9 Å². The van der Waals surface area contributed by atoms with Crippen molar-refractivity contribution in [2.45, 2.75) is 46.3 Å². The Balaban J connectivity index is 1.95. The van der Waals surface area contributed by atoms with Crippen LogP contribution < -0.4 is 9.47 Å². The second-order valence-corrected chi connectivity index (χ2v) is 6.52. The summed E-state index contributed by atoms with van der Waals surface area (Å²) in [6, 6.07) is 5.30. The molecule has 1 aliphatic rings. The van der Waals surface area contributed by atoms with Gasteiger partial charge in [0.1, 0.15) is 18.8 Å². The molecule has 1 heterocycles. The van der Waals surface area contributed by atoms with Crippen LogP contribution in [0.4, 0.5) is 0 Å². The Morgan fingerprint density at radius 2 is 1.88 bits per heavy atom. The molecular formula is C19H26O6. The first-order valence-electron chi connectivity index (χ1n) is 8.59. The van der Waals surface area contributed by atoms with Gasteiger partial charge in [-0.3, -0.25) is 9.59 Å². The summed E-state index contributed by atoms with van der Waals surface area (Å²) >= 11 is 0. The molecule has 0 unspecified atom stereocenters. The van der Waals surface area contributed by atoms with Gasteiger partial charge in [0.05, 0.1) is 18.9 Å². The third kappa shape index (κ3) is 4.95. The first-order chi connectivity index (χ1) is 11.9. The van der Waals surface area contributed by atoms with Crippen molar-refractivity contribution in [2.24, 2.45) is 11.8 Å². The maximum atomic E-state index is 11.7. The fraction of sp³-hybridized carbons (Fsp3) is 0.579. The molecule has 0 spiro atoms. The van der Waals surface area contributed by atoms with Crippen LogP contribution in [0.25, 0.3) is 0 Å². The normalized spacial score (nSPS) is 20.1. The summed E-state index contributed by atoms with van der Waals surface area (Å²) in [4.78, 5) is 23.4. The topological polar surface area (TPSA) is 74.4 Å². The molecule has 25 heavy (non-hydrogen) atoms. The molecule has 1 aliphatic heterocycles. The average molecular weight is 350 g/mol. The molecule has 1 fully saturated rings. The second-order valence-electron chi connectivity index (χ2n) is 6.52. The number of benzene rings is 1. The maximum absolute atomic E-state index is 11.7.